The largest absolute Gasteiger partial charge is 0.341 e. The predicted molar refractivity (Wildman–Crippen MR) is 63.9 cm³/mol. The van der Waals surface area contributed by atoms with E-state index in [1.807, 2.05) is 0 Å². The Kier molecular flexibility index (Phi) is 4.63. The molecule has 0 aliphatic carbocycles. The highest BCUT2D eigenvalue weighted by Gasteiger charge is 2.25. The maximum absolute atomic E-state index is 11.9. The van der Waals surface area contributed by atoms with Gasteiger partial charge in [0.05, 0.1) is 0 Å². The van der Waals surface area contributed by atoms with Crippen LogP contribution in [0.3, 0.4) is 0 Å². The molecule has 0 N–H and O–H groups in total. The third-order valence-electron chi connectivity index (χ3n) is 2.47. The lowest BCUT2D eigenvalue weighted by Gasteiger charge is -2.19. The summed E-state index contributed by atoms with van der Waals surface area (Å²) in [5, 5.41) is -0.626. The van der Waals surface area contributed by atoms with Crippen LogP contribution < -0.4 is 0 Å². The van der Waals surface area contributed by atoms with E-state index in [-0.39, 0.29) is 5.91 Å². The first-order valence-electron chi connectivity index (χ1n) is 5.08. The summed E-state index contributed by atoms with van der Waals surface area (Å²) < 4.78 is 0. The Morgan fingerprint density at radius 2 is 1.93 bits per heavy atom. The summed E-state index contributed by atoms with van der Waals surface area (Å²) in [4.78, 5) is 13.7. The molecule has 0 aromatic rings. The smallest absolute Gasteiger partial charge is 0.245 e. The van der Waals surface area contributed by atoms with Gasteiger partial charge in [-0.3, -0.25) is 4.79 Å². The van der Waals surface area contributed by atoms with Crippen LogP contribution in [0.2, 0.25) is 0 Å². The lowest BCUT2D eigenvalue weighted by Crippen LogP contribution is -2.35. The number of likely N-dealkylation sites (tertiary alicyclic amines) is 1. The van der Waals surface area contributed by atoms with Gasteiger partial charge in [0.1, 0.15) is 5.38 Å². The van der Waals surface area contributed by atoms with Gasteiger partial charge in [-0.1, -0.05) is 31.4 Å². The quantitative estimate of drug-likeness (QED) is 0.532. The second kappa shape index (κ2) is 5.76. The van der Waals surface area contributed by atoms with Crippen LogP contribution >= 0.6 is 11.6 Å². The molecule has 1 amide bonds. The number of alkyl halides is 1. The lowest BCUT2D eigenvalue weighted by atomic mass is 10.1. The highest BCUT2D eigenvalue weighted by atomic mass is 35.5. The molecule has 0 bridgehead atoms. The van der Waals surface area contributed by atoms with E-state index in [4.69, 9.17) is 11.6 Å². The average Bonchev–Trinajstić information content (AvgIpc) is 2.77. The lowest BCUT2D eigenvalue weighted by molar-refractivity contribution is -0.129. The van der Waals surface area contributed by atoms with Crippen LogP contribution in [0.15, 0.2) is 37.0 Å². The van der Waals surface area contributed by atoms with Crippen molar-refractivity contribution in [3.63, 3.8) is 0 Å². The van der Waals surface area contributed by atoms with Crippen molar-refractivity contribution < 1.29 is 4.79 Å². The monoisotopic (exact) mass is 225 g/mol. The predicted octanol–water partition coefficient (Wildman–Crippen LogP) is 2.51. The summed E-state index contributed by atoms with van der Waals surface area (Å²) >= 11 is 6.08. The Hall–Kier alpha value is -1.02. The van der Waals surface area contributed by atoms with Crippen LogP contribution in [0, 0.1) is 0 Å². The van der Waals surface area contributed by atoms with E-state index >= 15 is 0 Å². The molecular formula is C12H16ClNO. The fourth-order valence-corrected chi connectivity index (χ4v) is 1.93. The fraction of sp³-hybridized carbons (Fsp3) is 0.417. The summed E-state index contributed by atoms with van der Waals surface area (Å²) in [6.07, 6.45) is 7.09. The van der Waals surface area contributed by atoms with Crippen molar-refractivity contribution in [3.8, 4) is 0 Å². The van der Waals surface area contributed by atoms with Crippen LogP contribution in [-0.4, -0.2) is 29.3 Å². The molecule has 1 heterocycles. The van der Waals surface area contributed by atoms with Crippen molar-refractivity contribution in [2.45, 2.75) is 18.2 Å². The average molecular weight is 226 g/mol. The Morgan fingerprint density at radius 1 is 1.33 bits per heavy atom. The maximum Gasteiger partial charge on any atom is 0.245 e. The number of nitrogens with zero attached hydrogens (tertiary/aromatic N) is 1. The van der Waals surface area contributed by atoms with Gasteiger partial charge in [0.15, 0.2) is 0 Å². The van der Waals surface area contributed by atoms with E-state index in [0.29, 0.717) is 5.57 Å². The first-order chi connectivity index (χ1) is 7.20. The number of hydrogen-bond donors (Lipinski definition) is 0. The van der Waals surface area contributed by atoms with E-state index in [2.05, 4.69) is 13.2 Å². The van der Waals surface area contributed by atoms with Gasteiger partial charge < -0.3 is 4.90 Å². The van der Waals surface area contributed by atoms with E-state index in [9.17, 15) is 4.79 Å². The molecule has 0 aromatic carbocycles. The fourth-order valence-electron chi connectivity index (χ4n) is 1.63. The number of rotatable bonds is 4. The van der Waals surface area contributed by atoms with Gasteiger partial charge in [0.2, 0.25) is 5.91 Å². The minimum Gasteiger partial charge on any atom is -0.341 e. The molecule has 15 heavy (non-hydrogen) atoms. The Morgan fingerprint density at radius 3 is 2.40 bits per heavy atom. The van der Waals surface area contributed by atoms with E-state index in [0.717, 1.165) is 25.9 Å². The summed E-state index contributed by atoms with van der Waals surface area (Å²) in [5.74, 6) is -0.0258. The zero-order valence-corrected chi connectivity index (χ0v) is 9.54. The van der Waals surface area contributed by atoms with Gasteiger partial charge in [-0.25, -0.2) is 0 Å². The number of carbonyl (C=O) groups excluding carboxylic acids is 1. The molecule has 0 aromatic heterocycles. The highest BCUT2D eigenvalue weighted by Crippen LogP contribution is 2.18. The first-order valence-corrected chi connectivity index (χ1v) is 5.52. The zero-order chi connectivity index (χ0) is 11.3. The second-order valence-electron chi connectivity index (χ2n) is 3.50. The molecular weight excluding hydrogens is 210 g/mol. The number of halogens is 1. The van der Waals surface area contributed by atoms with Crippen molar-refractivity contribution >= 4 is 17.5 Å². The van der Waals surface area contributed by atoms with Gasteiger partial charge in [-0.15, -0.1) is 11.6 Å². The van der Waals surface area contributed by atoms with E-state index in [1.54, 1.807) is 23.1 Å². The highest BCUT2D eigenvalue weighted by molar-refractivity contribution is 6.33. The van der Waals surface area contributed by atoms with Gasteiger partial charge >= 0.3 is 0 Å². The van der Waals surface area contributed by atoms with Gasteiger partial charge in [0.25, 0.3) is 0 Å². The molecule has 1 aliphatic heterocycles. The summed E-state index contributed by atoms with van der Waals surface area (Å²) in [6, 6.07) is 0. The number of carbonyl (C=O) groups is 1. The van der Waals surface area contributed by atoms with Crippen LogP contribution in [0.5, 0.6) is 0 Å². The normalized spacial score (nSPS) is 18.7. The van der Waals surface area contributed by atoms with Gasteiger partial charge in [-0.05, 0) is 18.4 Å². The number of hydrogen-bond acceptors (Lipinski definition) is 1. The Labute approximate surface area is 95.9 Å². The van der Waals surface area contributed by atoms with Crippen LogP contribution in [-0.2, 0) is 4.79 Å². The van der Waals surface area contributed by atoms with E-state index < -0.39 is 5.38 Å². The molecule has 1 fully saturated rings. The minimum absolute atomic E-state index is 0.0258. The molecule has 0 radical (unpaired) electrons. The van der Waals surface area contributed by atoms with Crippen molar-refractivity contribution in [1.29, 1.82) is 0 Å². The molecule has 1 saturated heterocycles. The summed E-state index contributed by atoms with van der Waals surface area (Å²) in [6.45, 7) is 8.86. The second-order valence-corrected chi connectivity index (χ2v) is 3.94. The van der Waals surface area contributed by atoms with Crippen molar-refractivity contribution in [1.82, 2.24) is 4.90 Å². The molecule has 82 valence electrons. The van der Waals surface area contributed by atoms with Crippen molar-refractivity contribution in [2.24, 2.45) is 0 Å². The molecule has 2 nitrogen and oxygen atoms in total. The summed E-state index contributed by atoms with van der Waals surface area (Å²) in [7, 11) is 0. The molecule has 1 unspecified atom stereocenters. The third-order valence-corrected chi connectivity index (χ3v) is 2.91. The first kappa shape index (κ1) is 12.1. The molecule has 0 spiro atoms. The molecule has 1 atom stereocenters. The molecule has 0 saturated carbocycles. The number of allylic oxidation sites excluding steroid dienone is 3. The van der Waals surface area contributed by atoms with Gasteiger partial charge in [-0.2, -0.15) is 0 Å². The topological polar surface area (TPSA) is 20.3 Å². The zero-order valence-electron chi connectivity index (χ0n) is 8.79. The molecule has 1 aliphatic rings. The Balaban J connectivity index is 2.69. The van der Waals surface area contributed by atoms with Crippen LogP contribution in [0.4, 0.5) is 0 Å². The summed E-state index contributed by atoms with van der Waals surface area (Å²) in [5.41, 5.74) is 0.712. The van der Waals surface area contributed by atoms with Crippen LogP contribution in [0.1, 0.15) is 12.8 Å². The molecule has 3 heteroatoms. The SMILES string of the molecule is C=C/C=C(\C=C)C(Cl)C(=O)N1CCCC1. The van der Waals surface area contributed by atoms with Crippen molar-refractivity contribution in [2.75, 3.05) is 13.1 Å². The van der Waals surface area contributed by atoms with Crippen LogP contribution in [0.25, 0.3) is 0 Å². The standard InChI is InChI=1S/C12H16ClNO/c1-3-7-10(4-2)11(13)12(15)14-8-5-6-9-14/h3-4,7,11H,1-2,5-6,8-9H2/b10-7+. The molecule has 1 rings (SSSR count). The van der Waals surface area contributed by atoms with E-state index in [1.165, 1.54) is 0 Å². The Bertz CT molecular complexity index is 290. The maximum atomic E-state index is 11.9. The number of amides is 1. The third kappa shape index (κ3) is 2.96. The minimum atomic E-state index is -0.626. The van der Waals surface area contributed by atoms with Crippen molar-refractivity contribution in [3.05, 3.63) is 37.0 Å². The van der Waals surface area contributed by atoms with Gasteiger partial charge in [0, 0.05) is 13.1 Å².